The molecule has 0 unspecified atom stereocenters. The Bertz CT molecular complexity index is 2070. The summed E-state index contributed by atoms with van der Waals surface area (Å²) in [6.45, 7) is 3.63. The van der Waals surface area contributed by atoms with E-state index in [0.717, 1.165) is 24.1 Å². The van der Waals surface area contributed by atoms with Gasteiger partial charge in [-0.25, -0.2) is 17.3 Å². The quantitative estimate of drug-likeness (QED) is 0.186. The van der Waals surface area contributed by atoms with E-state index in [1.807, 2.05) is 25.1 Å². The van der Waals surface area contributed by atoms with Gasteiger partial charge in [-0.15, -0.1) is 0 Å². The molecule has 236 valence electrons. The topological polar surface area (TPSA) is 135 Å². The van der Waals surface area contributed by atoms with Crippen LogP contribution >= 0.6 is 0 Å². The highest BCUT2D eigenvalue weighted by Crippen LogP contribution is 2.45. The number of amides is 2. The third-order valence-electron chi connectivity index (χ3n) is 8.13. The Morgan fingerprint density at radius 2 is 1.76 bits per heavy atom. The minimum atomic E-state index is -3.75. The van der Waals surface area contributed by atoms with E-state index >= 15 is 0 Å². The van der Waals surface area contributed by atoms with E-state index in [2.05, 4.69) is 25.4 Å². The van der Waals surface area contributed by atoms with Gasteiger partial charge in [-0.3, -0.25) is 19.3 Å². The van der Waals surface area contributed by atoms with Gasteiger partial charge in [0.1, 0.15) is 11.5 Å². The molecule has 46 heavy (non-hydrogen) atoms. The molecule has 0 saturated heterocycles. The first-order valence-corrected chi connectivity index (χ1v) is 16.6. The van der Waals surface area contributed by atoms with Crippen LogP contribution in [0.15, 0.2) is 79.1 Å². The SMILES string of the molecule is CCCS(=O)(=O)Nc1cn2nc(-c3ccc(F)cc3)c(C(=O)NC)c2cc1-c1cc(C(=O)NC2(c3ccccn3)CC2)ccc1C. The van der Waals surface area contributed by atoms with Crippen molar-refractivity contribution in [1.29, 1.82) is 0 Å². The van der Waals surface area contributed by atoms with E-state index in [0.29, 0.717) is 39.9 Å². The summed E-state index contributed by atoms with van der Waals surface area (Å²) >= 11 is 0. The Labute approximate surface area is 266 Å². The van der Waals surface area contributed by atoms with E-state index in [1.54, 1.807) is 37.4 Å². The smallest absolute Gasteiger partial charge is 0.255 e. The Hall–Kier alpha value is -5.10. The molecule has 0 bridgehead atoms. The van der Waals surface area contributed by atoms with Crippen molar-refractivity contribution < 1.29 is 22.4 Å². The molecule has 1 fully saturated rings. The molecule has 3 aromatic heterocycles. The van der Waals surface area contributed by atoms with E-state index in [9.17, 15) is 22.4 Å². The predicted molar refractivity (Wildman–Crippen MR) is 174 cm³/mol. The number of aryl methyl sites for hydroxylation is 1. The monoisotopic (exact) mass is 640 g/mol. The van der Waals surface area contributed by atoms with Crippen molar-refractivity contribution in [1.82, 2.24) is 25.2 Å². The molecule has 0 radical (unpaired) electrons. The Morgan fingerprint density at radius 3 is 2.41 bits per heavy atom. The maximum absolute atomic E-state index is 13.8. The van der Waals surface area contributed by atoms with Gasteiger partial charge in [-0.2, -0.15) is 5.10 Å². The average molecular weight is 641 g/mol. The number of nitrogens with zero attached hydrogens (tertiary/aromatic N) is 3. The molecular formula is C34H33FN6O4S. The number of nitrogens with one attached hydrogen (secondary N) is 3. The molecule has 10 nitrogen and oxygen atoms in total. The number of fused-ring (bicyclic) bond motifs is 1. The van der Waals surface area contributed by atoms with Crippen LogP contribution < -0.4 is 15.4 Å². The third-order valence-corrected chi connectivity index (χ3v) is 9.60. The van der Waals surface area contributed by atoms with Gasteiger partial charge < -0.3 is 10.6 Å². The molecular weight excluding hydrogens is 607 g/mol. The summed E-state index contributed by atoms with van der Waals surface area (Å²) in [6.07, 6.45) is 5.16. The van der Waals surface area contributed by atoms with Crippen LogP contribution in [0.25, 0.3) is 27.9 Å². The largest absolute Gasteiger partial charge is 0.355 e. The van der Waals surface area contributed by atoms with Gasteiger partial charge in [-0.1, -0.05) is 19.1 Å². The van der Waals surface area contributed by atoms with Crippen LogP contribution in [0.2, 0.25) is 0 Å². The number of carbonyl (C=O) groups excluding carboxylic acids is 2. The van der Waals surface area contributed by atoms with Crippen LogP contribution in [0.1, 0.15) is 58.2 Å². The Kier molecular flexibility index (Phi) is 8.07. The molecule has 2 aromatic carbocycles. The number of anilines is 1. The molecule has 0 spiro atoms. The minimum absolute atomic E-state index is 0.106. The van der Waals surface area contributed by atoms with Crippen molar-refractivity contribution >= 4 is 33.0 Å². The summed E-state index contributed by atoms with van der Waals surface area (Å²) in [5.74, 6) is -1.25. The lowest BCUT2D eigenvalue weighted by atomic mass is 9.96. The second-order valence-electron chi connectivity index (χ2n) is 11.4. The van der Waals surface area contributed by atoms with E-state index in [-0.39, 0.29) is 22.9 Å². The molecule has 1 saturated carbocycles. The molecule has 1 aliphatic rings. The third kappa shape index (κ3) is 5.95. The molecule has 3 N–H and O–H groups in total. The predicted octanol–water partition coefficient (Wildman–Crippen LogP) is 5.44. The zero-order chi connectivity index (χ0) is 32.6. The van der Waals surface area contributed by atoms with Crippen LogP contribution in [0.5, 0.6) is 0 Å². The van der Waals surface area contributed by atoms with Crippen molar-refractivity contribution in [2.24, 2.45) is 0 Å². The molecule has 3 heterocycles. The number of rotatable bonds is 10. The summed E-state index contributed by atoms with van der Waals surface area (Å²) in [6, 6.07) is 18.2. The summed E-state index contributed by atoms with van der Waals surface area (Å²) in [5, 5.41) is 10.4. The number of aromatic nitrogens is 3. The maximum atomic E-state index is 13.8. The fourth-order valence-electron chi connectivity index (χ4n) is 5.60. The van der Waals surface area contributed by atoms with Gasteiger partial charge in [0.25, 0.3) is 11.8 Å². The first-order valence-electron chi connectivity index (χ1n) is 14.9. The summed E-state index contributed by atoms with van der Waals surface area (Å²) in [5.41, 5.74) is 4.16. The van der Waals surface area contributed by atoms with E-state index in [1.165, 1.54) is 42.0 Å². The summed E-state index contributed by atoms with van der Waals surface area (Å²) in [4.78, 5) is 31.3. The lowest BCUT2D eigenvalue weighted by molar-refractivity contribution is 0.0928. The van der Waals surface area contributed by atoms with Crippen LogP contribution in [-0.4, -0.2) is 47.6 Å². The van der Waals surface area contributed by atoms with Gasteiger partial charge in [0.05, 0.1) is 40.0 Å². The highest BCUT2D eigenvalue weighted by molar-refractivity contribution is 7.92. The van der Waals surface area contributed by atoms with Crippen molar-refractivity contribution in [2.75, 3.05) is 17.5 Å². The molecule has 5 aromatic rings. The van der Waals surface area contributed by atoms with Gasteiger partial charge in [-0.05, 0) is 91.9 Å². The average Bonchev–Trinajstić information content (AvgIpc) is 3.73. The van der Waals surface area contributed by atoms with Crippen LogP contribution in [0.4, 0.5) is 10.1 Å². The number of halogens is 1. The Balaban J connectivity index is 1.51. The Morgan fingerprint density at radius 1 is 1.00 bits per heavy atom. The zero-order valence-electron chi connectivity index (χ0n) is 25.6. The molecule has 0 atom stereocenters. The normalized spacial score (nSPS) is 13.7. The molecule has 12 heteroatoms. The number of benzene rings is 2. The molecule has 2 amide bonds. The lowest BCUT2D eigenvalue weighted by Crippen LogP contribution is -2.35. The molecule has 6 rings (SSSR count). The van der Waals surface area contributed by atoms with Gasteiger partial charge in [0.15, 0.2) is 0 Å². The zero-order valence-corrected chi connectivity index (χ0v) is 26.4. The second kappa shape index (κ2) is 12.0. The van der Waals surface area contributed by atoms with Gasteiger partial charge >= 0.3 is 0 Å². The highest BCUT2D eigenvalue weighted by atomic mass is 32.2. The first kappa shape index (κ1) is 30.9. The highest BCUT2D eigenvalue weighted by Gasteiger charge is 2.47. The van der Waals surface area contributed by atoms with E-state index in [4.69, 9.17) is 0 Å². The summed E-state index contributed by atoms with van der Waals surface area (Å²) in [7, 11) is -2.25. The number of hydrogen-bond donors (Lipinski definition) is 3. The number of sulfonamides is 1. The second-order valence-corrected chi connectivity index (χ2v) is 13.3. The molecule has 0 aliphatic heterocycles. The first-order chi connectivity index (χ1) is 22.0. The number of hydrogen-bond acceptors (Lipinski definition) is 6. The standard InChI is InChI=1S/C34H33FN6O4S/c1-4-17-46(44,45)40-27-20-41-28(30(33(43)36-3)31(39-41)22-10-12-24(35)13-11-22)19-26(27)25-18-23(9-8-21(25)2)32(42)38-34(14-15-34)29-7-5-6-16-37-29/h5-13,16,18-20,40H,4,14-15,17H2,1-3H3,(H,36,43)(H,38,42). The van der Waals surface area contributed by atoms with Gasteiger partial charge in [0, 0.05) is 29.9 Å². The van der Waals surface area contributed by atoms with Gasteiger partial charge in [0.2, 0.25) is 10.0 Å². The lowest BCUT2D eigenvalue weighted by Gasteiger charge is -2.19. The van der Waals surface area contributed by atoms with Crippen molar-refractivity contribution in [3.8, 4) is 22.4 Å². The fraction of sp³-hybridized carbons (Fsp3) is 0.235. The number of carbonyl (C=O) groups is 2. The van der Waals surface area contributed by atoms with Crippen molar-refractivity contribution in [3.05, 3.63) is 107 Å². The van der Waals surface area contributed by atoms with Crippen molar-refractivity contribution in [2.45, 2.75) is 38.6 Å². The minimum Gasteiger partial charge on any atom is -0.355 e. The number of pyridine rings is 2. The van der Waals surface area contributed by atoms with Crippen LogP contribution in [0.3, 0.4) is 0 Å². The van der Waals surface area contributed by atoms with Crippen molar-refractivity contribution in [3.63, 3.8) is 0 Å². The summed E-state index contributed by atoms with van der Waals surface area (Å²) < 4.78 is 44.0. The van der Waals surface area contributed by atoms with Crippen LogP contribution in [-0.2, 0) is 15.6 Å². The fourth-order valence-corrected chi connectivity index (χ4v) is 6.74. The van der Waals surface area contributed by atoms with Crippen LogP contribution in [0, 0.1) is 12.7 Å². The molecule has 1 aliphatic carbocycles. The van der Waals surface area contributed by atoms with E-state index < -0.39 is 27.3 Å². The maximum Gasteiger partial charge on any atom is 0.255 e.